The molecule has 0 unspecified atom stereocenters. The van der Waals surface area contributed by atoms with Crippen molar-refractivity contribution in [3.05, 3.63) is 65.1 Å². The number of hydrogen-bond acceptors (Lipinski definition) is 6. The van der Waals surface area contributed by atoms with Gasteiger partial charge in [0.25, 0.3) is 0 Å². The number of aryl methyl sites for hydroxylation is 2. The Labute approximate surface area is 163 Å². The predicted molar refractivity (Wildman–Crippen MR) is 106 cm³/mol. The van der Waals surface area contributed by atoms with Gasteiger partial charge in [0, 0.05) is 37.3 Å². The van der Waals surface area contributed by atoms with Crippen LogP contribution < -0.4 is 10.1 Å². The van der Waals surface area contributed by atoms with Crippen LogP contribution >= 0.6 is 0 Å². The molecule has 0 saturated carbocycles. The number of pyridine rings is 1. The molecule has 0 bridgehead atoms. The average molecular weight is 372 g/mol. The molecule has 1 aromatic carbocycles. The van der Waals surface area contributed by atoms with Gasteiger partial charge in [-0.3, -0.25) is 4.68 Å². The van der Waals surface area contributed by atoms with Crippen LogP contribution in [-0.2, 0) is 13.5 Å². The molecule has 0 spiro atoms. The Morgan fingerprint density at radius 2 is 2.25 bits per heavy atom. The molecule has 0 radical (unpaired) electrons. The largest absolute Gasteiger partial charge is 0.469 e. The third-order valence-electron chi connectivity index (χ3n) is 4.84. The van der Waals surface area contributed by atoms with Crippen LogP contribution in [0.15, 0.2) is 42.9 Å². The van der Waals surface area contributed by atoms with Crippen molar-refractivity contribution >= 4 is 17.6 Å². The molecule has 4 rings (SSSR count). The summed E-state index contributed by atoms with van der Waals surface area (Å²) in [6.45, 7) is 0. The van der Waals surface area contributed by atoms with Crippen molar-refractivity contribution in [2.75, 3.05) is 5.32 Å². The number of ether oxygens (including phenoxy) is 1. The third-order valence-corrected chi connectivity index (χ3v) is 4.84. The Balaban J connectivity index is 1.60. The molecule has 7 nitrogen and oxygen atoms in total. The van der Waals surface area contributed by atoms with Gasteiger partial charge in [-0.1, -0.05) is 6.07 Å². The number of hydrogen-bond donors (Lipinski definition) is 2. The lowest BCUT2D eigenvalue weighted by Crippen LogP contribution is -2.16. The smallest absolute Gasteiger partial charge is 0.215 e. The highest BCUT2D eigenvalue weighted by atomic mass is 16.5. The van der Waals surface area contributed by atoms with Crippen LogP contribution in [-0.4, -0.2) is 21.0 Å². The molecule has 0 amide bonds. The number of rotatable bonds is 5. The van der Waals surface area contributed by atoms with Crippen molar-refractivity contribution in [3.8, 4) is 11.9 Å². The highest BCUT2D eigenvalue weighted by Gasteiger charge is 2.23. The lowest BCUT2D eigenvalue weighted by Gasteiger charge is -2.26. The number of aromatic nitrogens is 3. The minimum atomic E-state index is -0.0962. The average Bonchev–Trinajstić information content (AvgIpc) is 3.12. The lowest BCUT2D eigenvalue weighted by atomic mass is 9.88. The van der Waals surface area contributed by atoms with E-state index >= 15 is 0 Å². The maximum atomic E-state index is 9.12. The first kappa shape index (κ1) is 17.7. The maximum Gasteiger partial charge on any atom is 0.215 e. The van der Waals surface area contributed by atoms with E-state index in [-0.39, 0.29) is 6.10 Å². The summed E-state index contributed by atoms with van der Waals surface area (Å²) in [7, 11) is 1.85. The van der Waals surface area contributed by atoms with Gasteiger partial charge in [-0.25, -0.2) is 4.98 Å². The van der Waals surface area contributed by atoms with Gasteiger partial charge < -0.3 is 15.5 Å². The molecule has 1 aliphatic rings. The van der Waals surface area contributed by atoms with Gasteiger partial charge in [0.05, 0.1) is 29.2 Å². The molecule has 140 valence electrons. The molecule has 0 fully saturated rings. The zero-order valence-electron chi connectivity index (χ0n) is 15.5. The zero-order chi connectivity index (χ0) is 19.5. The second kappa shape index (κ2) is 7.53. The number of nitrogens with zero attached hydrogens (tertiary/aromatic N) is 4. The summed E-state index contributed by atoms with van der Waals surface area (Å²) in [5.41, 5.74) is 5.19. The van der Waals surface area contributed by atoms with Crippen molar-refractivity contribution in [1.29, 1.82) is 10.7 Å². The summed E-state index contributed by atoms with van der Waals surface area (Å²) in [5.74, 6) is 0.499. The monoisotopic (exact) mass is 372 g/mol. The Hall–Kier alpha value is -3.66. The molecular formula is C21H20N6O. The maximum absolute atomic E-state index is 9.12. The van der Waals surface area contributed by atoms with Gasteiger partial charge >= 0.3 is 0 Å². The van der Waals surface area contributed by atoms with E-state index in [1.54, 1.807) is 17.1 Å². The van der Waals surface area contributed by atoms with Crippen LogP contribution in [0.4, 0.5) is 11.4 Å². The summed E-state index contributed by atoms with van der Waals surface area (Å²) >= 11 is 0. The summed E-state index contributed by atoms with van der Waals surface area (Å²) in [6.07, 6.45) is 9.24. The minimum absolute atomic E-state index is 0.0962. The normalized spacial score (nSPS) is 15.4. The second-order valence-corrected chi connectivity index (χ2v) is 6.81. The van der Waals surface area contributed by atoms with E-state index in [0.29, 0.717) is 17.0 Å². The molecule has 2 N–H and O–H groups in total. The van der Waals surface area contributed by atoms with Crippen LogP contribution in [0.2, 0.25) is 0 Å². The SMILES string of the molecule is Cn1cc(Nc2cc(O[C@H]3CCCc4cc(C#N)ccc43)ncc2C=N)cn1. The highest BCUT2D eigenvalue weighted by Crippen LogP contribution is 2.34. The Morgan fingerprint density at radius 1 is 1.36 bits per heavy atom. The molecule has 2 heterocycles. The van der Waals surface area contributed by atoms with Gasteiger partial charge in [-0.05, 0) is 42.5 Å². The van der Waals surface area contributed by atoms with Crippen molar-refractivity contribution in [2.24, 2.45) is 7.05 Å². The van der Waals surface area contributed by atoms with E-state index in [2.05, 4.69) is 21.5 Å². The zero-order valence-corrected chi connectivity index (χ0v) is 15.5. The molecule has 1 atom stereocenters. The van der Waals surface area contributed by atoms with E-state index in [9.17, 15) is 0 Å². The van der Waals surface area contributed by atoms with Crippen molar-refractivity contribution in [1.82, 2.24) is 14.8 Å². The molecule has 28 heavy (non-hydrogen) atoms. The topological polar surface area (TPSA) is 99.6 Å². The van der Waals surface area contributed by atoms with E-state index in [1.807, 2.05) is 37.5 Å². The van der Waals surface area contributed by atoms with Crippen LogP contribution in [0.5, 0.6) is 5.88 Å². The minimum Gasteiger partial charge on any atom is -0.469 e. The fourth-order valence-corrected chi connectivity index (χ4v) is 3.48. The highest BCUT2D eigenvalue weighted by molar-refractivity contribution is 5.87. The number of nitrogens with one attached hydrogen (secondary N) is 2. The predicted octanol–water partition coefficient (Wildman–Crippen LogP) is 3.88. The molecular weight excluding hydrogens is 352 g/mol. The number of nitriles is 1. The molecule has 0 aliphatic heterocycles. The van der Waals surface area contributed by atoms with Gasteiger partial charge in [0.15, 0.2) is 0 Å². The summed E-state index contributed by atoms with van der Waals surface area (Å²) in [4.78, 5) is 4.37. The Bertz CT molecular complexity index is 1060. The van der Waals surface area contributed by atoms with Crippen LogP contribution in [0.25, 0.3) is 0 Å². The fraction of sp³-hybridized carbons (Fsp3) is 0.238. The van der Waals surface area contributed by atoms with E-state index < -0.39 is 0 Å². The van der Waals surface area contributed by atoms with Crippen molar-refractivity contribution < 1.29 is 4.74 Å². The van der Waals surface area contributed by atoms with E-state index in [4.69, 9.17) is 15.4 Å². The van der Waals surface area contributed by atoms with E-state index in [0.717, 1.165) is 36.2 Å². The van der Waals surface area contributed by atoms with Crippen LogP contribution in [0.3, 0.4) is 0 Å². The first-order valence-corrected chi connectivity index (χ1v) is 9.12. The van der Waals surface area contributed by atoms with Crippen LogP contribution in [0.1, 0.15) is 41.2 Å². The quantitative estimate of drug-likeness (QED) is 0.662. The second-order valence-electron chi connectivity index (χ2n) is 6.81. The molecule has 7 heteroatoms. The summed E-state index contributed by atoms with van der Waals surface area (Å²) < 4.78 is 7.92. The third kappa shape index (κ3) is 3.58. The summed E-state index contributed by atoms with van der Waals surface area (Å²) in [5, 5.41) is 24.2. The lowest BCUT2D eigenvalue weighted by molar-refractivity contribution is 0.176. The Morgan fingerprint density at radius 3 is 3.00 bits per heavy atom. The van der Waals surface area contributed by atoms with Gasteiger partial charge in [0.1, 0.15) is 6.10 Å². The standard InChI is InChI=1S/C21H20N6O/c1-27-13-17(12-25-27)26-19-8-21(24-11-16(19)10-23)28-20-4-2-3-15-7-14(9-22)5-6-18(15)20/h5-8,10-13,20,23H,2-4H2,1H3,(H,24,26)/t20-/m0/s1. The van der Waals surface area contributed by atoms with Crippen molar-refractivity contribution in [3.63, 3.8) is 0 Å². The first-order chi connectivity index (χ1) is 13.7. The molecule has 2 aromatic heterocycles. The van der Waals surface area contributed by atoms with E-state index in [1.165, 1.54) is 11.8 Å². The van der Waals surface area contributed by atoms with Crippen molar-refractivity contribution in [2.45, 2.75) is 25.4 Å². The first-order valence-electron chi connectivity index (χ1n) is 9.12. The molecule has 3 aromatic rings. The fourth-order valence-electron chi connectivity index (χ4n) is 3.48. The molecule has 0 saturated heterocycles. The molecule has 1 aliphatic carbocycles. The number of fused-ring (bicyclic) bond motifs is 1. The van der Waals surface area contributed by atoms with Gasteiger partial charge in [-0.2, -0.15) is 10.4 Å². The Kier molecular flexibility index (Phi) is 4.77. The van der Waals surface area contributed by atoms with Gasteiger partial charge in [0.2, 0.25) is 5.88 Å². The summed E-state index contributed by atoms with van der Waals surface area (Å²) in [6, 6.07) is 9.78. The van der Waals surface area contributed by atoms with Crippen LogP contribution in [0, 0.1) is 16.7 Å². The van der Waals surface area contributed by atoms with Gasteiger partial charge in [-0.15, -0.1) is 0 Å². The number of anilines is 2. The number of benzene rings is 1.